The highest BCUT2D eigenvalue weighted by Gasteiger charge is 2.40. The first kappa shape index (κ1) is 11.0. The number of anilines is 1. The lowest BCUT2D eigenvalue weighted by Gasteiger charge is -2.14. The molecule has 4 nitrogen and oxygen atoms in total. The molecular weight excluding hydrogens is 238 g/mol. The van der Waals surface area contributed by atoms with Crippen LogP contribution in [0, 0.1) is 5.92 Å². The number of hydrogen-bond donors (Lipinski definition) is 2. The van der Waals surface area contributed by atoms with Crippen molar-refractivity contribution in [1.29, 1.82) is 0 Å². The fraction of sp³-hybridized carbons (Fsp3) is 0.467. The summed E-state index contributed by atoms with van der Waals surface area (Å²) in [5.74, 6) is 2.48. The van der Waals surface area contributed by atoms with Crippen molar-refractivity contribution in [2.75, 3.05) is 5.32 Å². The molecule has 0 saturated heterocycles. The Labute approximate surface area is 111 Å². The summed E-state index contributed by atoms with van der Waals surface area (Å²) < 4.78 is 0. The van der Waals surface area contributed by atoms with Gasteiger partial charge in [0.05, 0.1) is 16.4 Å². The van der Waals surface area contributed by atoms with Crippen LogP contribution in [0.4, 0.5) is 5.69 Å². The number of aromatic nitrogens is 2. The van der Waals surface area contributed by atoms with E-state index in [9.17, 15) is 4.79 Å². The summed E-state index contributed by atoms with van der Waals surface area (Å²) in [4.78, 5) is 20.0. The van der Waals surface area contributed by atoms with Gasteiger partial charge in [-0.1, -0.05) is 6.92 Å². The maximum Gasteiger partial charge on any atom is 0.234 e. The summed E-state index contributed by atoms with van der Waals surface area (Å²) in [6, 6.07) is 4.07. The van der Waals surface area contributed by atoms with E-state index >= 15 is 0 Å². The average Bonchev–Trinajstić information content (AvgIpc) is 2.86. The molecule has 0 radical (unpaired) electrons. The second-order valence-electron chi connectivity index (χ2n) is 6.44. The molecule has 2 N–H and O–H groups in total. The Hall–Kier alpha value is -1.84. The first-order valence-electron chi connectivity index (χ1n) is 6.82. The van der Waals surface area contributed by atoms with E-state index in [0.29, 0.717) is 5.92 Å². The highest BCUT2D eigenvalue weighted by Crippen LogP contribution is 2.46. The molecule has 0 spiro atoms. The van der Waals surface area contributed by atoms with Gasteiger partial charge in [-0.05, 0) is 43.9 Å². The van der Waals surface area contributed by atoms with Crippen LogP contribution in [0.25, 0.3) is 11.0 Å². The van der Waals surface area contributed by atoms with Crippen molar-refractivity contribution in [3.63, 3.8) is 0 Å². The molecule has 2 aromatic rings. The number of H-pyrrole nitrogens is 1. The van der Waals surface area contributed by atoms with E-state index in [4.69, 9.17) is 0 Å². The van der Waals surface area contributed by atoms with Gasteiger partial charge in [-0.3, -0.25) is 4.79 Å². The number of amides is 1. The Balaban J connectivity index is 1.88. The Kier molecular flexibility index (Phi) is 1.85. The summed E-state index contributed by atoms with van der Waals surface area (Å²) in [7, 11) is 0. The minimum absolute atomic E-state index is 0.0613. The van der Waals surface area contributed by atoms with Crippen LogP contribution in [-0.2, 0) is 10.2 Å². The third-order valence-electron chi connectivity index (χ3n) is 4.59. The number of carbonyl (C=O) groups excluding carboxylic acids is 1. The molecule has 2 aliphatic rings. The van der Waals surface area contributed by atoms with E-state index in [0.717, 1.165) is 34.0 Å². The van der Waals surface area contributed by atoms with Crippen molar-refractivity contribution in [1.82, 2.24) is 9.97 Å². The first-order chi connectivity index (χ1) is 8.96. The molecule has 19 heavy (non-hydrogen) atoms. The van der Waals surface area contributed by atoms with Gasteiger partial charge in [0.1, 0.15) is 5.82 Å². The lowest BCUT2D eigenvalue weighted by atomic mass is 9.86. The molecule has 1 aliphatic heterocycles. The number of imidazole rings is 1. The van der Waals surface area contributed by atoms with Gasteiger partial charge in [0.15, 0.2) is 0 Å². The van der Waals surface area contributed by atoms with Crippen molar-refractivity contribution in [3.8, 4) is 0 Å². The van der Waals surface area contributed by atoms with Crippen LogP contribution in [0.3, 0.4) is 0 Å². The normalized spacial score (nSPS) is 27.4. The minimum Gasteiger partial charge on any atom is -0.342 e. The average molecular weight is 255 g/mol. The van der Waals surface area contributed by atoms with Gasteiger partial charge in [0.2, 0.25) is 5.91 Å². The maximum atomic E-state index is 11.9. The molecule has 2 atom stereocenters. The molecule has 1 aromatic carbocycles. The minimum atomic E-state index is -0.457. The molecule has 1 amide bonds. The molecule has 1 fully saturated rings. The predicted molar refractivity (Wildman–Crippen MR) is 74.3 cm³/mol. The number of nitrogens with zero attached hydrogens (tertiary/aromatic N) is 1. The molecule has 4 heteroatoms. The zero-order valence-corrected chi connectivity index (χ0v) is 11.4. The van der Waals surface area contributed by atoms with Gasteiger partial charge in [-0.15, -0.1) is 0 Å². The topological polar surface area (TPSA) is 57.8 Å². The number of rotatable bonds is 1. The van der Waals surface area contributed by atoms with Gasteiger partial charge in [-0.25, -0.2) is 4.98 Å². The van der Waals surface area contributed by atoms with E-state index < -0.39 is 5.41 Å². The number of benzene rings is 1. The summed E-state index contributed by atoms with van der Waals surface area (Å²) in [6.07, 6.45) is 1.22. The Morgan fingerprint density at radius 2 is 2.11 bits per heavy atom. The van der Waals surface area contributed by atoms with E-state index in [-0.39, 0.29) is 5.91 Å². The Bertz CT molecular complexity index is 713. The second kappa shape index (κ2) is 3.18. The van der Waals surface area contributed by atoms with Crippen molar-refractivity contribution >= 4 is 22.6 Å². The van der Waals surface area contributed by atoms with Gasteiger partial charge >= 0.3 is 0 Å². The third kappa shape index (κ3) is 1.40. The second-order valence-corrected chi connectivity index (χ2v) is 6.44. The van der Waals surface area contributed by atoms with Crippen molar-refractivity contribution in [3.05, 3.63) is 23.5 Å². The molecular formula is C15H17N3O. The molecule has 2 unspecified atom stereocenters. The van der Waals surface area contributed by atoms with Crippen molar-refractivity contribution in [2.24, 2.45) is 5.92 Å². The fourth-order valence-corrected chi connectivity index (χ4v) is 2.98. The van der Waals surface area contributed by atoms with Crippen LogP contribution >= 0.6 is 0 Å². The lowest BCUT2D eigenvalue weighted by Crippen LogP contribution is -2.26. The van der Waals surface area contributed by atoms with Crippen LogP contribution < -0.4 is 5.32 Å². The molecule has 1 aliphatic carbocycles. The van der Waals surface area contributed by atoms with Crippen LogP contribution in [-0.4, -0.2) is 15.9 Å². The third-order valence-corrected chi connectivity index (χ3v) is 4.59. The number of carbonyl (C=O) groups is 1. The van der Waals surface area contributed by atoms with Crippen LogP contribution in [0.15, 0.2) is 12.1 Å². The van der Waals surface area contributed by atoms with E-state index in [1.54, 1.807) is 0 Å². The van der Waals surface area contributed by atoms with Gasteiger partial charge in [0.25, 0.3) is 0 Å². The Morgan fingerprint density at radius 1 is 1.37 bits per heavy atom. The Morgan fingerprint density at radius 3 is 2.79 bits per heavy atom. The van der Waals surface area contributed by atoms with Gasteiger partial charge < -0.3 is 10.3 Å². The summed E-state index contributed by atoms with van der Waals surface area (Å²) in [6.45, 7) is 6.17. The van der Waals surface area contributed by atoms with Crippen LogP contribution in [0.2, 0.25) is 0 Å². The number of nitrogens with one attached hydrogen (secondary N) is 2. The number of hydrogen-bond acceptors (Lipinski definition) is 2. The quantitative estimate of drug-likeness (QED) is 0.823. The van der Waals surface area contributed by atoms with Gasteiger partial charge in [0, 0.05) is 11.6 Å². The van der Waals surface area contributed by atoms with Crippen molar-refractivity contribution in [2.45, 2.75) is 38.5 Å². The number of fused-ring (bicyclic) bond motifs is 2. The van der Waals surface area contributed by atoms with E-state index in [1.165, 1.54) is 6.42 Å². The molecule has 1 saturated carbocycles. The first-order valence-corrected chi connectivity index (χ1v) is 6.82. The molecule has 0 bridgehead atoms. The zero-order chi connectivity index (χ0) is 13.4. The highest BCUT2D eigenvalue weighted by atomic mass is 16.2. The molecule has 4 rings (SSSR count). The van der Waals surface area contributed by atoms with Crippen LogP contribution in [0.5, 0.6) is 0 Å². The molecule has 98 valence electrons. The largest absolute Gasteiger partial charge is 0.342 e. The fourth-order valence-electron chi connectivity index (χ4n) is 2.98. The molecule has 1 aromatic heterocycles. The summed E-state index contributed by atoms with van der Waals surface area (Å²) in [5, 5.41) is 2.95. The highest BCUT2D eigenvalue weighted by molar-refractivity contribution is 6.07. The number of aromatic amines is 1. The lowest BCUT2D eigenvalue weighted by molar-refractivity contribution is -0.119. The monoisotopic (exact) mass is 255 g/mol. The van der Waals surface area contributed by atoms with Crippen LogP contribution in [0.1, 0.15) is 44.5 Å². The zero-order valence-electron chi connectivity index (χ0n) is 11.4. The van der Waals surface area contributed by atoms with E-state index in [1.807, 2.05) is 19.9 Å². The van der Waals surface area contributed by atoms with Crippen molar-refractivity contribution < 1.29 is 4.79 Å². The summed E-state index contributed by atoms with van der Waals surface area (Å²) >= 11 is 0. The van der Waals surface area contributed by atoms with Gasteiger partial charge in [-0.2, -0.15) is 0 Å². The standard InChI is InChI=1S/C15H17N3O/c1-7-4-8(7)13-16-11-5-9-10(6-12(11)17-13)18-14(19)15(9,2)3/h5-8H,4H2,1-3H3,(H,16,17)(H,18,19). The smallest absolute Gasteiger partial charge is 0.234 e. The van der Waals surface area contributed by atoms with E-state index in [2.05, 4.69) is 28.3 Å². The summed E-state index contributed by atoms with van der Waals surface area (Å²) in [5.41, 5.74) is 3.50. The SMILES string of the molecule is CC1CC1c1nc2cc3c(cc2[nH]1)C(C)(C)C(=O)N3. The maximum absolute atomic E-state index is 11.9. The predicted octanol–water partition coefficient (Wildman–Crippen LogP) is 2.92. The molecule has 2 heterocycles.